The van der Waals surface area contributed by atoms with Gasteiger partial charge in [-0.3, -0.25) is 0 Å². The third-order valence-electron chi connectivity index (χ3n) is 6.29. The Morgan fingerprint density at radius 2 is 0.674 bits per heavy atom. The molecule has 0 radical (unpaired) electrons. The normalized spacial score (nSPS) is 9.60. The average Bonchev–Trinajstić information content (AvgIpc) is 3.10. The Balaban J connectivity index is 0.000000164. The van der Waals surface area contributed by atoms with Crippen LogP contribution in [-0.4, -0.2) is 0 Å². The number of rotatable bonds is 5. The van der Waals surface area contributed by atoms with Gasteiger partial charge in [-0.1, -0.05) is 219 Å². The lowest BCUT2D eigenvalue weighted by Crippen LogP contribution is -1.84. The maximum Gasteiger partial charge on any atom is -0.0183 e. The summed E-state index contributed by atoms with van der Waals surface area (Å²) >= 11 is 0. The molecule has 0 saturated carbocycles. The second-order valence-electron chi connectivity index (χ2n) is 9.63. The Hall–Kier alpha value is -5.46. The minimum Gasteiger partial charge on any atom is -0.0985 e. The highest BCUT2D eigenvalue weighted by atomic mass is 14.0. The topological polar surface area (TPSA) is 0 Å². The van der Waals surface area contributed by atoms with Crippen LogP contribution in [0, 0.1) is 6.92 Å². The van der Waals surface area contributed by atoms with Gasteiger partial charge in [0.05, 0.1) is 0 Å². The lowest BCUT2D eigenvalue weighted by atomic mass is 10.0. The van der Waals surface area contributed by atoms with Crippen molar-refractivity contribution in [2.45, 2.75) is 6.92 Å². The van der Waals surface area contributed by atoms with Crippen molar-refractivity contribution in [2.75, 3.05) is 0 Å². The highest BCUT2D eigenvalue weighted by molar-refractivity contribution is 5.77. The molecule has 6 aromatic rings. The Morgan fingerprint density at radius 3 is 0.930 bits per heavy atom. The van der Waals surface area contributed by atoms with Crippen LogP contribution in [0.4, 0.5) is 0 Å². The summed E-state index contributed by atoms with van der Waals surface area (Å²) in [5.74, 6) is 0. The summed E-state index contributed by atoms with van der Waals surface area (Å²) in [6.45, 7) is 9.81. The summed E-state index contributed by atoms with van der Waals surface area (Å²) in [4.78, 5) is 0. The molecule has 0 aromatic heterocycles. The van der Waals surface area contributed by atoms with Crippen molar-refractivity contribution in [1.82, 2.24) is 0 Å². The van der Waals surface area contributed by atoms with E-state index < -0.39 is 0 Å². The van der Waals surface area contributed by atoms with Crippen molar-refractivity contribution in [3.8, 4) is 0 Å². The fourth-order valence-corrected chi connectivity index (χ4v) is 3.89. The SMILES string of the molecule is C(=C\c1ccccc1)/c1ccccc1.C=C(c1ccccc1)c1ccccc1.C=Cc1ccccc1.Cc1ccccc1. The van der Waals surface area contributed by atoms with Gasteiger partial charge in [-0.25, -0.2) is 0 Å². The van der Waals surface area contributed by atoms with Crippen molar-refractivity contribution in [1.29, 1.82) is 0 Å². The van der Waals surface area contributed by atoms with Crippen molar-refractivity contribution < 1.29 is 0 Å². The van der Waals surface area contributed by atoms with Gasteiger partial charge >= 0.3 is 0 Å². The summed E-state index contributed by atoms with van der Waals surface area (Å²) in [7, 11) is 0. The van der Waals surface area contributed by atoms with Crippen LogP contribution in [0.5, 0.6) is 0 Å². The fourth-order valence-electron chi connectivity index (χ4n) is 3.89. The van der Waals surface area contributed by atoms with Crippen molar-refractivity contribution in [3.63, 3.8) is 0 Å². The van der Waals surface area contributed by atoms with E-state index >= 15 is 0 Å². The molecule has 0 bridgehead atoms. The molecular weight excluding hydrogens is 516 g/mol. The van der Waals surface area contributed by atoms with Crippen LogP contribution >= 0.6 is 0 Å². The number of aryl methyl sites for hydroxylation is 1. The van der Waals surface area contributed by atoms with Gasteiger partial charge in [0, 0.05) is 0 Å². The quantitative estimate of drug-likeness (QED) is 0.185. The van der Waals surface area contributed by atoms with Gasteiger partial charge in [0.2, 0.25) is 0 Å². The Bertz CT molecular complexity index is 1500. The Kier molecular flexibility index (Phi) is 14.6. The van der Waals surface area contributed by atoms with Gasteiger partial charge in [-0.05, 0) is 40.3 Å². The van der Waals surface area contributed by atoms with E-state index in [2.05, 4.69) is 92.9 Å². The van der Waals surface area contributed by atoms with E-state index in [-0.39, 0.29) is 0 Å². The van der Waals surface area contributed by atoms with E-state index in [1.807, 2.05) is 127 Å². The molecule has 0 saturated heterocycles. The van der Waals surface area contributed by atoms with E-state index in [9.17, 15) is 0 Å². The minimum atomic E-state index is 1.08. The zero-order chi connectivity index (χ0) is 30.4. The minimum absolute atomic E-state index is 1.08. The molecule has 0 aliphatic rings. The van der Waals surface area contributed by atoms with E-state index in [1.54, 1.807) is 0 Å². The molecule has 0 N–H and O–H groups in total. The van der Waals surface area contributed by atoms with Gasteiger partial charge in [0.15, 0.2) is 0 Å². The molecule has 0 heteroatoms. The zero-order valence-corrected chi connectivity index (χ0v) is 25.0. The summed E-state index contributed by atoms with van der Waals surface area (Å²) in [5.41, 5.74) is 8.39. The molecule has 0 unspecified atom stereocenters. The number of hydrogen-bond acceptors (Lipinski definition) is 0. The average molecular weight is 557 g/mol. The second-order valence-corrected chi connectivity index (χ2v) is 9.63. The summed E-state index contributed by atoms with van der Waals surface area (Å²) < 4.78 is 0. The predicted octanol–water partition coefficient (Wildman–Crippen LogP) is 11.9. The molecule has 0 fully saturated rings. The molecular formula is C43H40. The van der Waals surface area contributed by atoms with E-state index in [0.717, 1.165) is 5.57 Å². The van der Waals surface area contributed by atoms with Crippen LogP contribution in [-0.2, 0) is 0 Å². The van der Waals surface area contributed by atoms with E-state index in [4.69, 9.17) is 0 Å². The van der Waals surface area contributed by atoms with Gasteiger partial charge < -0.3 is 0 Å². The van der Waals surface area contributed by atoms with Gasteiger partial charge in [0.25, 0.3) is 0 Å². The monoisotopic (exact) mass is 556 g/mol. The van der Waals surface area contributed by atoms with Crippen LogP contribution < -0.4 is 0 Å². The van der Waals surface area contributed by atoms with Crippen LogP contribution in [0.2, 0.25) is 0 Å². The maximum absolute atomic E-state index is 4.10. The molecule has 0 atom stereocenters. The first-order valence-electron chi connectivity index (χ1n) is 14.4. The zero-order valence-electron chi connectivity index (χ0n) is 25.0. The van der Waals surface area contributed by atoms with E-state index in [0.29, 0.717) is 0 Å². The largest absolute Gasteiger partial charge is 0.0985 e. The first kappa shape index (κ1) is 32.1. The molecule has 0 spiro atoms. The highest BCUT2D eigenvalue weighted by Crippen LogP contribution is 2.20. The van der Waals surface area contributed by atoms with Crippen LogP contribution in [0.3, 0.4) is 0 Å². The van der Waals surface area contributed by atoms with Crippen LogP contribution in [0.1, 0.15) is 33.4 Å². The smallest absolute Gasteiger partial charge is 0.0183 e. The Labute approximate surface area is 258 Å². The first-order chi connectivity index (χ1) is 21.2. The second kappa shape index (κ2) is 19.6. The molecule has 6 aromatic carbocycles. The maximum atomic E-state index is 4.10. The molecule has 0 heterocycles. The lowest BCUT2D eigenvalue weighted by molar-refractivity contribution is 1.48. The molecule has 0 aliphatic heterocycles. The Morgan fingerprint density at radius 1 is 0.395 bits per heavy atom. The van der Waals surface area contributed by atoms with Crippen LogP contribution in [0.15, 0.2) is 195 Å². The molecule has 0 amide bonds. The third-order valence-corrected chi connectivity index (χ3v) is 6.29. The number of benzene rings is 6. The molecule has 6 rings (SSSR count). The standard InChI is InChI=1S/2C14H12.C8H8.C7H8/c1-12(13-8-4-2-5-9-13)14-10-6-3-7-11-14;1-3-7-13(8-4-1)11-12-14-9-5-2-6-10-14;1-2-8-6-4-3-5-7-8;1-7-5-3-2-4-6-7/h2-11H,1H2;1-12H;2-7H,1H2;2-6H,1H3/b;12-11+;;. The highest BCUT2D eigenvalue weighted by Gasteiger charge is 1.99. The van der Waals surface area contributed by atoms with Gasteiger partial charge in [0.1, 0.15) is 0 Å². The summed E-state index contributed by atoms with van der Waals surface area (Å²) in [5, 5.41) is 0. The third kappa shape index (κ3) is 13.2. The molecule has 0 nitrogen and oxygen atoms in total. The first-order valence-corrected chi connectivity index (χ1v) is 14.4. The summed E-state index contributed by atoms with van der Waals surface area (Å²) in [6.07, 6.45) is 6.07. The van der Waals surface area contributed by atoms with E-state index in [1.165, 1.54) is 33.4 Å². The fraction of sp³-hybridized carbons (Fsp3) is 0.0233. The van der Waals surface area contributed by atoms with Gasteiger partial charge in [-0.15, -0.1) is 0 Å². The van der Waals surface area contributed by atoms with Crippen molar-refractivity contribution >= 4 is 23.8 Å². The molecule has 43 heavy (non-hydrogen) atoms. The molecule has 0 aliphatic carbocycles. The predicted molar refractivity (Wildman–Crippen MR) is 191 cm³/mol. The van der Waals surface area contributed by atoms with Gasteiger partial charge in [-0.2, -0.15) is 0 Å². The van der Waals surface area contributed by atoms with Crippen molar-refractivity contribution in [3.05, 3.63) is 229 Å². The molecule has 212 valence electrons. The number of hydrogen-bond donors (Lipinski definition) is 0. The summed E-state index contributed by atoms with van der Waals surface area (Å²) in [6, 6.07) is 61.4. The van der Waals surface area contributed by atoms with Crippen LogP contribution in [0.25, 0.3) is 23.8 Å². The lowest BCUT2D eigenvalue weighted by Gasteiger charge is -2.04. The van der Waals surface area contributed by atoms with Crippen molar-refractivity contribution in [2.24, 2.45) is 0 Å².